The van der Waals surface area contributed by atoms with E-state index in [1.807, 2.05) is 6.07 Å². The van der Waals surface area contributed by atoms with Gasteiger partial charge in [-0.15, -0.1) is 0 Å². The van der Waals surface area contributed by atoms with Gasteiger partial charge in [-0.25, -0.2) is 0 Å². The summed E-state index contributed by atoms with van der Waals surface area (Å²) in [6.07, 6.45) is 2.03. The number of hydrogen-bond acceptors (Lipinski definition) is 2. The Morgan fingerprint density at radius 1 is 1.19 bits per heavy atom. The summed E-state index contributed by atoms with van der Waals surface area (Å²) in [7, 11) is 0. The van der Waals surface area contributed by atoms with Gasteiger partial charge in [0.1, 0.15) is 0 Å². The number of benzene rings is 1. The quantitative estimate of drug-likeness (QED) is 0.777. The molecule has 3 rings (SSSR count). The number of hydrogen-bond donors (Lipinski definition) is 1. The van der Waals surface area contributed by atoms with Crippen LogP contribution in [-0.2, 0) is 0 Å². The first kappa shape index (κ1) is 9.33. The molecule has 1 N–H and O–H groups in total. The molecule has 0 spiro atoms. The molecule has 0 unspecified atom stereocenters. The van der Waals surface area contributed by atoms with Crippen LogP contribution in [0.5, 0.6) is 0 Å². The predicted octanol–water partition coefficient (Wildman–Crippen LogP) is 2.12. The normalized spacial score (nSPS) is 15.2. The summed E-state index contributed by atoms with van der Waals surface area (Å²) >= 11 is 0. The van der Waals surface area contributed by atoms with Crippen LogP contribution in [0, 0.1) is 5.92 Å². The van der Waals surface area contributed by atoms with Crippen molar-refractivity contribution in [3.05, 3.63) is 46.2 Å². The molecule has 0 aliphatic heterocycles. The third-order valence-electron chi connectivity index (χ3n) is 2.96. The summed E-state index contributed by atoms with van der Waals surface area (Å²) in [6, 6.07) is 8.67. The first-order valence-electron chi connectivity index (χ1n) is 5.41. The van der Waals surface area contributed by atoms with Crippen LogP contribution >= 0.6 is 0 Å². The Balaban J connectivity index is 2.11. The topological polar surface area (TPSA) is 49.9 Å². The van der Waals surface area contributed by atoms with Gasteiger partial charge in [0.15, 0.2) is 5.78 Å². The van der Waals surface area contributed by atoms with E-state index in [1.54, 1.807) is 18.2 Å². The van der Waals surface area contributed by atoms with Gasteiger partial charge in [0.25, 0.3) is 0 Å². The van der Waals surface area contributed by atoms with Crippen LogP contribution in [0.2, 0.25) is 0 Å². The number of Topliss-reactive ketones (excluding diaryl/α,β-unsaturated/α-hetero) is 1. The number of fused-ring (bicyclic) bond motifs is 1. The summed E-state index contributed by atoms with van der Waals surface area (Å²) < 4.78 is 0. The van der Waals surface area contributed by atoms with Gasteiger partial charge in [-0.05, 0) is 42.5 Å². The van der Waals surface area contributed by atoms with Crippen molar-refractivity contribution in [2.24, 2.45) is 5.92 Å². The monoisotopic (exact) mass is 213 g/mol. The van der Waals surface area contributed by atoms with E-state index in [-0.39, 0.29) is 17.3 Å². The standard InChI is InChI=1S/C13H11NO2/c15-12-6-4-9-7-10(3-5-11(9)14-12)13(16)8-1-2-8/h3-8H,1-2H2,(H,14,15). The van der Waals surface area contributed by atoms with Crippen molar-refractivity contribution in [2.75, 3.05) is 0 Å². The van der Waals surface area contributed by atoms with Crippen molar-refractivity contribution in [1.82, 2.24) is 4.98 Å². The minimum atomic E-state index is -0.117. The van der Waals surface area contributed by atoms with E-state index in [0.29, 0.717) is 0 Å². The number of H-pyrrole nitrogens is 1. The Morgan fingerprint density at radius 3 is 2.75 bits per heavy atom. The largest absolute Gasteiger partial charge is 0.322 e. The lowest BCUT2D eigenvalue weighted by Gasteiger charge is -2.01. The second-order valence-electron chi connectivity index (χ2n) is 4.26. The molecule has 0 radical (unpaired) electrons. The van der Waals surface area contributed by atoms with Crippen LogP contribution in [0.3, 0.4) is 0 Å². The van der Waals surface area contributed by atoms with Gasteiger partial charge >= 0.3 is 0 Å². The molecule has 1 saturated carbocycles. The maximum Gasteiger partial charge on any atom is 0.248 e. The number of carbonyl (C=O) groups excluding carboxylic acids is 1. The number of ketones is 1. The van der Waals surface area contributed by atoms with Crippen LogP contribution in [-0.4, -0.2) is 10.8 Å². The predicted molar refractivity (Wildman–Crippen MR) is 61.6 cm³/mol. The Labute approximate surface area is 92.1 Å². The number of aromatic nitrogens is 1. The third-order valence-corrected chi connectivity index (χ3v) is 2.96. The van der Waals surface area contributed by atoms with E-state index < -0.39 is 0 Å². The third kappa shape index (κ3) is 1.54. The molecule has 80 valence electrons. The van der Waals surface area contributed by atoms with Gasteiger partial charge in [0, 0.05) is 23.1 Å². The molecule has 3 nitrogen and oxygen atoms in total. The molecular formula is C13H11NO2. The summed E-state index contributed by atoms with van der Waals surface area (Å²) in [4.78, 5) is 25.7. The highest BCUT2D eigenvalue weighted by Gasteiger charge is 2.30. The van der Waals surface area contributed by atoms with Crippen LogP contribution in [0.1, 0.15) is 23.2 Å². The van der Waals surface area contributed by atoms with E-state index >= 15 is 0 Å². The summed E-state index contributed by atoms with van der Waals surface area (Å²) in [5, 5.41) is 0.908. The molecule has 1 aliphatic carbocycles. The van der Waals surface area contributed by atoms with E-state index in [9.17, 15) is 9.59 Å². The fourth-order valence-corrected chi connectivity index (χ4v) is 1.89. The van der Waals surface area contributed by atoms with Gasteiger partial charge in [0.2, 0.25) is 5.56 Å². The van der Waals surface area contributed by atoms with E-state index in [4.69, 9.17) is 0 Å². The molecule has 1 aliphatic rings. The first-order valence-corrected chi connectivity index (χ1v) is 5.41. The lowest BCUT2D eigenvalue weighted by atomic mass is 10.0. The number of rotatable bonds is 2. The van der Waals surface area contributed by atoms with Crippen LogP contribution in [0.15, 0.2) is 35.1 Å². The Kier molecular flexibility index (Phi) is 1.93. The van der Waals surface area contributed by atoms with Crippen molar-refractivity contribution < 1.29 is 4.79 Å². The molecule has 1 fully saturated rings. The van der Waals surface area contributed by atoms with Crippen LogP contribution in [0.4, 0.5) is 0 Å². The number of nitrogens with one attached hydrogen (secondary N) is 1. The highest BCUT2D eigenvalue weighted by atomic mass is 16.1. The van der Waals surface area contributed by atoms with Crippen molar-refractivity contribution in [1.29, 1.82) is 0 Å². The summed E-state index contributed by atoms with van der Waals surface area (Å²) in [5.41, 5.74) is 1.41. The smallest absolute Gasteiger partial charge is 0.248 e. The number of aromatic amines is 1. The minimum absolute atomic E-state index is 0.117. The fraction of sp³-hybridized carbons (Fsp3) is 0.231. The molecule has 1 aromatic carbocycles. The summed E-state index contributed by atoms with van der Waals surface area (Å²) in [6.45, 7) is 0. The molecule has 0 bridgehead atoms. The van der Waals surface area contributed by atoms with E-state index in [0.717, 1.165) is 29.3 Å². The molecule has 0 atom stereocenters. The van der Waals surface area contributed by atoms with Gasteiger partial charge < -0.3 is 4.98 Å². The maximum atomic E-state index is 11.8. The van der Waals surface area contributed by atoms with Gasteiger partial charge in [-0.2, -0.15) is 0 Å². The molecule has 0 amide bonds. The highest BCUT2D eigenvalue weighted by molar-refractivity contribution is 6.01. The number of pyridine rings is 1. The fourth-order valence-electron chi connectivity index (χ4n) is 1.89. The molecule has 2 aromatic rings. The van der Waals surface area contributed by atoms with Crippen LogP contribution < -0.4 is 5.56 Å². The minimum Gasteiger partial charge on any atom is -0.322 e. The Bertz CT molecular complexity index is 623. The first-order chi connectivity index (χ1) is 7.74. The maximum absolute atomic E-state index is 11.8. The molecular weight excluding hydrogens is 202 g/mol. The van der Waals surface area contributed by atoms with Crippen molar-refractivity contribution in [2.45, 2.75) is 12.8 Å². The molecule has 3 heteroatoms. The molecule has 1 aromatic heterocycles. The lowest BCUT2D eigenvalue weighted by Crippen LogP contribution is -2.04. The second-order valence-corrected chi connectivity index (χ2v) is 4.26. The van der Waals surface area contributed by atoms with Crippen molar-refractivity contribution in [3.63, 3.8) is 0 Å². The summed E-state index contributed by atoms with van der Waals surface area (Å²) in [5.74, 6) is 0.466. The SMILES string of the molecule is O=C(c1ccc2[nH]c(=O)ccc2c1)C1CC1. The molecule has 1 heterocycles. The zero-order valence-electron chi connectivity index (χ0n) is 8.69. The van der Waals surface area contributed by atoms with Crippen molar-refractivity contribution in [3.8, 4) is 0 Å². The molecule has 16 heavy (non-hydrogen) atoms. The zero-order chi connectivity index (χ0) is 11.1. The average Bonchev–Trinajstić information content (AvgIpc) is 3.11. The Morgan fingerprint density at radius 2 is 2.00 bits per heavy atom. The zero-order valence-corrected chi connectivity index (χ0v) is 8.69. The van der Waals surface area contributed by atoms with Crippen molar-refractivity contribution >= 4 is 16.7 Å². The lowest BCUT2D eigenvalue weighted by molar-refractivity contribution is 0.0968. The van der Waals surface area contributed by atoms with E-state index in [2.05, 4.69) is 4.98 Å². The van der Waals surface area contributed by atoms with Crippen LogP contribution in [0.25, 0.3) is 10.9 Å². The molecule has 0 saturated heterocycles. The average molecular weight is 213 g/mol. The van der Waals surface area contributed by atoms with E-state index in [1.165, 1.54) is 6.07 Å². The highest BCUT2D eigenvalue weighted by Crippen LogP contribution is 2.33. The van der Waals surface area contributed by atoms with Gasteiger partial charge in [0.05, 0.1) is 0 Å². The van der Waals surface area contributed by atoms with Gasteiger partial charge in [-0.1, -0.05) is 0 Å². The number of carbonyl (C=O) groups is 1. The second kappa shape index (κ2) is 3.30. The Hall–Kier alpha value is -1.90. The van der Waals surface area contributed by atoms with Gasteiger partial charge in [-0.3, -0.25) is 9.59 Å².